The highest BCUT2D eigenvalue weighted by atomic mass is 32.2. The standard InChI is InChI=1S/C28H34N2O3S/c1-20-7-15-25(16-8-20)30(34(32,33)26-17-9-21(2)10-18-26)19-27(31)29-22(3)23-11-13-24(14-12-23)28(4,5)6/h7-18,22H,19H2,1-6H3,(H,29,31)/t22-/m1/s1. The summed E-state index contributed by atoms with van der Waals surface area (Å²) < 4.78 is 28.2. The van der Waals surface area contributed by atoms with Crippen LogP contribution in [0.3, 0.4) is 0 Å². The molecule has 0 unspecified atom stereocenters. The Balaban J connectivity index is 1.84. The first kappa shape index (κ1) is 25.5. The van der Waals surface area contributed by atoms with Gasteiger partial charge in [-0.15, -0.1) is 0 Å². The number of hydrogen-bond donors (Lipinski definition) is 1. The Morgan fingerprint density at radius 2 is 1.35 bits per heavy atom. The summed E-state index contributed by atoms with van der Waals surface area (Å²) in [5.41, 5.74) is 4.64. The fourth-order valence-electron chi connectivity index (χ4n) is 3.64. The molecular weight excluding hydrogens is 444 g/mol. The topological polar surface area (TPSA) is 66.5 Å². The van der Waals surface area contributed by atoms with Gasteiger partial charge < -0.3 is 5.32 Å². The Kier molecular flexibility index (Phi) is 7.51. The number of anilines is 1. The smallest absolute Gasteiger partial charge is 0.264 e. The summed E-state index contributed by atoms with van der Waals surface area (Å²) in [5, 5.41) is 2.95. The van der Waals surface area contributed by atoms with E-state index in [1.54, 1.807) is 36.4 Å². The normalized spacial score (nSPS) is 12.8. The molecule has 180 valence electrons. The van der Waals surface area contributed by atoms with Gasteiger partial charge in [-0.1, -0.05) is 80.4 Å². The maximum absolute atomic E-state index is 13.5. The number of amides is 1. The number of hydrogen-bond acceptors (Lipinski definition) is 3. The second-order valence-electron chi connectivity index (χ2n) is 9.82. The third-order valence-corrected chi connectivity index (χ3v) is 7.66. The van der Waals surface area contributed by atoms with Crippen molar-refractivity contribution in [1.82, 2.24) is 5.32 Å². The zero-order chi connectivity index (χ0) is 25.1. The molecule has 1 N–H and O–H groups in total. The van der Waals surface area contributed by atoms with Gasteiger partial charge in [-0.3, -0.25) is 9.10 Å². The van der Waals surface area contributed by atoms with Crippen molar-refractivity contribution >= 4 is 21.6 Å². The molecule has 0 aliphatic heterocycles. The SMILES string of the molecule is Cc1ccc(N(CC(=O)N[C@H](C)c2ccc(C(C)(C)C)cc2)S(=O)(=O)c2ccc(C)cc2)cc1. The fourth-order valence-corrected chi connectivity index (χ4v) is 5.06. The lowest BCUT2D eigenvalue weighted by Crippen LogP contribution is -2.41. The van der Waals surface area contributed by atoms with E-state index in [4.69, 9.17) is 0 Å². The maximum atomic E-state index is 13.5. The summed E-state index contributed by atoms with van der Waals surface area (Å²) >= 11 is 0. The Morgan fingerprint density at radius 1 is 0.853 bits per heavy atom. The van der Waals surface area contributed by atoms with Crippen molar-refractivity contribution in [1.29, 1.82) is 0 Å². The highest BCUT2D eigenvalue weighted by Gasteiger charge is 2.27. The van der Waals surface area contributed by atoms with Crippen LogP contribution in [-0.2, 0) is 20.2 Å². The van der Waals surface area contributed by atoms with Gasteiger partial charge in [0.1, 0.15) is 6.54 Å². The number of benzene rings is 3. The molecule has 0 saturated carbocycles. The molecule has 6 heteroatoms. The zero-order valence-electron chi connectivity index (χ0n) is 20.8. The number of rotatable bonds is 7. The van der Waals surface area contributed by atoms with Gasteiger partial charge in [-0.2, -0.15) is 0 Å². The Morgan fingerprint density at radius 3 is 1.85 bits per heavy atom. The van der Waals surface area contributed by atoms with Crippen molar-refractivity contribution in [3.05, 3.63) is 95.1 Å². The molecule has 1 atom stereocenters. The predicted octanol–water partition coefficient (Wildman–Crippen LogP) is 5.67. The summed E-state index contributed by atoms with van der Waals surface area (Å²) in [6.07, 6.45) is 0. The van der Waals surface area contributed by atoms with E-state index in [9.17, 15) is 13.2 Å². The minimum absolute atomic E-state index is 0.0455. The number of nitrogens with zero attached hydrogens (tertiary/aromatic N) is 1. The van der Waals surface area contributed by atoms with Crippen molar-refractivity contribution in [2.24, 2.45) is 0 Å². The van der Waals surface area contributed by atoms with E-state index < -0.39 is 10.0 Å². The van der Waals surface area contributed by atoms with Crippen LogP contribution in [0.1, 0.15) is 56.0 Å². The molecule has 0 aliphatic carbocycles. The van der Waals surface area contributed by atoms with Gasteiger partial charge in [0.05, 0.1) is 16.6 Å². The molecule has 3 aromatic rings. The quantitative estimate of drug-likeness (QED) is 0.475. The highest BCUT2D eigenvalue weighted by Crippen LogP contribution is 2.26. The minimum atomic E-state index is -3.93. The van der Waals surface area contributed by atoms with Gasteiger partial charge in [-0.25, -0.2) is 8.42 Å². The largest absolute Gasteiger partial charge is 0.348 e. The zero-order valence-corrected chi connectivity index (χ0v) is 21.6. The number of nitrogens with one attached hydrogen (secondary N) is 1. The summed E-state index contributed by atoms with van der Waals surface area (Å²) in [6, 6.07) is 21.7. The van der Waals surface area contributed by atoms with Crippen LogP contribution in [0, 0.1) is 13.8 Å². The molecule has 5 nitrogen and oxygen atoms in total. The van der Waals surface area contributed by atoms with Crippen LogP contribution in [0.15, 0.2) is 77.7 Å². The maximum Gasteiger partial charge on any atom is 0.264 e. The predicted molar refractivity (Wildman–Crippen MR) is 139 cm³/mol. The fraction of sp³-hybridized carbons (Fsp3) is 0.321. The molecule has 0 aliphatic rings. The van der Waals surface area contributed by atoms with E-state index >= 15 is 0 Å². The molecule has 0 heterocycles. The van der Waals surface area contributed by atoms with E-state index in [0.717, 1.165) is 16.7 Å². The number of carbonyl (C=O) groups is 1. The average molecular weight is 479 g/mol. The van der Waals surface area contributed by atoms with Gasteiger partial charge >= 0.3 is 0 Å². The van der Waals surface area contributed by atoms with Crippen LogP contribution in [0.2, 0.25) is 0 Å². The number of sulfonamides is 1. The molecule has 3 aromatic carbocycles. The van der Waals surface area contributed by atoms with Crippen LogP contribution < -0.4 is 9.62 Å². The lowest BCUT2D eigenvalue weighted by Gasteiger charge is -2.25. The monoisotopic (exact) mass is 478 g/mol. The number of aryl methyl sites for hydroxylation is 2. The third-order valence-electron chi connectivity index (χ3n) is 5.87. The lowest BCUT2D eigenvalue weighted by molar-refractivity contribution is -0.120. The lowest BCUT2D eigenvalue weighted by atomic mass is 9.86. The van der Waals surface area contributed by atoms with Crippen LogP contribution in [0.5, 0.6) is 0 Å². The van der Waals surface area contributed by atoms with Crippen molar-refractivity contribution < 1.29 is 13.2 Å². The van der Waals surface area contributed by atoms with Gasteiger partial charge in [0.15, 0.2) is 0 Å². The van der Waals surface area contributed by atoms with Crippen LogP contribution in [-0.4, -0.2) is 20.9 Å². The molecule has 0 bridgehead atoms. The molecule has 34 heavy (non-hydrogen) atoms. The van der Waals surface area contributed by atoms with E-state index in [2.05, 4.69) is 38.2 Å². The van der Waals surface area contributed by atoms with Crippen molar-refractivity contribution in [2.75, 3.05) is 10.8 Å². The molecular formula is C28H34N2O3S. The average Bonchev–Trinajstić information content (AvgIpc) is 2.78. The molecule has 0 radical (unpaired) electrons. The second-order valence-corrected chi connectivity index (χ2v) is 11.7. The second kappa shape index (κ2) is 10.0. The third kappa shape index (κ3) is 6.06. The van der Waals surface area contributed by atoms with Gasteiger partial charge in [0.25, 0.3) is 10.0 Å². The van der Waals surface area contributed by atoms with E-state index in [-0.39, 0.29) is 28.8 Å². The van der Waals surface area contributed by atoms with Crippen molar-refractivity contribution in [3.8, 4) is 0 Å². The van der Waals surface area contributed by atoms with E-state index in [1.165, 1.54) is 9.87 Å². The number of carbonyl (C=O) groups excluding carboxylic acids is 1. The Labute approximate surface area is 203 Å². The molecule has 0 saturated heterocycles. The molecule has 3 rings (SSSR count). The van der Waals surface area contributed by atoms with Crippen LogP contribution >= 0.6 is 0 Å². The Hall–Kier alpha value is -3.12. The van der Waals surface area contributed by atoms with Gasteiger partial charge in [0, 0.05) is 0 Å². The molecule has 1 amide bonds. The van der Waals surface area contributed by atoms with Crippen molar-refractivity contribution in [2.45, 2.75) is 57.9 Å². The molecule has 0 aromatic heterocycles. The van der Waals surface area contributed by atoms with Gasteiger partial charge in [0.2, 0.25) is 5.91 Å². The van der Waals surface area contributed by atoms with E-state index in [1.807, 2.05) is 45.0 Å². The van der Waals surface area contributed by atoms with Gasteiger partial charge in [-0.05, 0) is 61.6 Å². The summed E-state index contributed by atoms with van der Waals surface area (Å²) in [4.78, 5) is 13.2. The Bertz CT molecular complexity index is 1220. The molecule has 0 spiro atoms. The van der Waals surface area contributed by atoms with Crippen LogP contribution in [0.4, 0.5) is 5.69 Å². The van der Waals surface area contributed by atoms with Crippen LogP contribution in [0.25, 0.3) is 0 Å². The van der Waals surface area contributed by atoms with Crippen molar-refractivity contribution in [3.63, 3.8) is 0 Å². The first-order valence-electron chi connectivity index (χ1n) is 11.4. The molecule has 0 fully saturated rings. The first-order chi connectivity index (χ1) is 15.9. The highest BCUT2D eigenvalue weighted by molar-refractivity contribution is 7.92. The summed E-state index contributed by atoms with van der Waals surface area (Å²) in [5.74, 6) is -0.372. The minimum Gasteiger partial charge on any atom is -0.348 e. The van der Waals surface area contributed by atoms with E-state index in [0.29, 0.717) is 5.69 Å². The first-order valence-corrected chi connectivity index (χ1v) is 12.9. The summed E-state index contributed by atoms with van der Waals surface area (Å²) in [7, 11) is -3.93. The summed E-state index contributed by atoms with van der Waals surface area (Å²) in [6.45, 7) is 11.9.